The molecule has 2 heteroatoms. The molecular weight excluding hydrogens is 188 g/mol. The second-order valence-electron chi connectivity index (χ2n) is 3.70. The van der Waals surface area contributed by atoms with Crippen LogP contribution in [0, 0.1) is 12.3 Å². The third-order valence-electron chi connectivity index (χ3n) is 2.24. The number of hydrogen-bond acceptors (Lipinski definition) is 2. The topological polar surface area (TPSA) is 18.5 Å². The van der Waals surface area contributed by atoms with Crippen molar-refractivity contribution in [3.63, 3.8) is 0 Å². The van der Waals surface area contributed by atoms with Crippen molar-refractivity contribution in [2.45, 2.75) is 51.9 Å². The average Bonchev–Trinajstić information content (AvgIpc) is 2.26. The quantitative estimate of drug-likeness (QED) is 0.297. The van der Waals surface area contributed by atoms with Crippen molar-refractivity contribution in [3.8, 4) is 12.3 Å². The predicted molar refractivity (Wildman–Crippen MR) is 63.6 cm³/mol. The fraction of sp³-hybridized carbons (Fsp3) is 0.846. The summed E-state index contributed by atoms with van der Waals surface area (Å²) < 4.78 is 10.2. The van der Waals surface area contributed by atoms with Gasteiger partial charge in [0.2, 0.25) is 0 Å². The third kappa shape index (κ3) is 13.5. The van der Waals surface area contributed by atoms with Crippen molar-refractivity contribution < 1.29 is 9.47 Å². The number of ether oxygens (including phenoxy) is 2. The van der Waals surface area contributed by atoms with E-state index in [0.29, 0.717) is 13.4 Å². The highest BCUT2D eigenvalue weighted by Crippen LogP contribution is 2.06. The highest BCUT2D eigenvalue weighted by Gasteiger charge is 1.91. The van der Waals surface area contributed by atoms with Gasteiger partial charge in [0.15, 0.2) is 0 Å². The van der Waals surface area contributed by atoms with Crippen LogP contribution in [0.4, 0.5) is 0 Å². The van der Waals surface area contributed by atoms with Gasteiger partial charge in [-0.3, -0.25) is 0 Å². The summed E-state index contributed by atoms with van der Waals surface area (Å²) in [6, 6.07) is 0. The number of hydrogen-bond donors (Lipinski definition) is 0. The molecule has 0 saturated carbocycles. The highest BCUT2D eigenvalue weighted by molar-refractivity contribution is 4.82. The molecule has 0 saturated heterocycles. The molecule has 2 nitrogen and oxygen atoms in total. The fourth-order valence-electron chi connectivity index (χ4n) is 1.38. The summed E-state index contributed by atoms with van der Waals surface area (Å²) in [7, 11) is 0. The van der Waals surface area contributed by atoms with Gasteiger partial charge in [-0.05, 0) is 6.42 Å². The summed E-state index contributed by atoms with van der Waals surface area (Å²) in [4.78, 5) is 0. The predicted octanol–water partition coefficient (Wildman–Crippen LogP) is 3.36. The summed E-state index contributed by atoms with van der Waals surface area (Å²) in [5.74, 6) is 2.40. The molecule has 15 heavy (non-hydrogen) atoms. The van der Waals surface area contributed by atoms with Gasteiger partial charge in [0.1, 0.15) is 13.4 Å². The first-order chi connectivity index (χ1) is 7.41. The van der Waals surface area contributed by atoms with E-state index in [2.05, 4.69) is 12.8 Å². The number of rotatable bonds is 11. The Labute approximate surface area is 94.3 Å². The maximum atomic E-state index is 5.25. The molecule has 0 fully saturated rings. The molecular formula is C13H24O2. The Kier molecular flexibility index (Phi) is 13.0. The smallest absolute Gasteiger partial charge is 0.148 e. The first-order valence-electron chi connectivity index (χ1n) is 6.00. The molecule has 0 spiro atoms. The van der Waals surface area contributed by atoms with Crippen LogP contribution in [0.3, 0.4) is 0 Å². The number of unbranched alkanes of at least 4 members (excludes halogenated alkanes) is 6. The Morgan fingerprint density at radius 1 is 0.933 bits per heavy atom. The van der Waals surface area contributed by atoms with Crippen molar-refractivity contribution in [2.75, 3.05) is 20.0 Å². The average molecular weight is 212 g/mol. The maximum absolute atomic E-state index is 5.25. The van der Waals surface area contributed by atoms with E-state index < -0.39 is 0 Å². The van der Waals surface area contributed by atoms with Gasteiger partial charge in [-0.15, -0.1) is 6.42 Å². The standard InChI is InChI=1S/C13H24O2/c1-3-5-6-7-8-9-10-12-15-13-14-11-4-2/h2H,3,5-13H2,1H3. The van der Waals surface area contributed by atoms with Crippen molar-refractivity contribution in [1.82, 2.24) is 0 Å². The fourth-order valence-corrected chi connectivity index (χ4v) is 1.38. The Hall–Kier alpha value is -0.520. The molecule has 0 N–H and O–H groups in total. The summed E-state index contributed by atoms with van der Waals surface area (Å²) in [5, 5.41) is 0. The Morgan fingerprint density at radius 2 is 1.60 bits per heavy atom. The first kappa shape index (κ1) is 14.5. The molecule has 0 unspecified atom stereocenters. The van der Waals surface area contributed by atoms with Crippen LogP contribution in [0.2, 0.25) is 0 Å². The summed E-state index contributed by atoms with van der Waals surface area (Å²) in [6.07, 6.45) is 14.2. The lowest BCUT2D eigenvalue weighted by Gasteiger charge is -2.03. The minimum absolute atomic E-state index is 0.333. The molecule has 0 aliphatic rings. The van der Waals surface area contributed by atoms with Crippen LogP contribution in [0.1, 0.15) is 51.9 Å². The molecule has 0 aromatic rings. The zero-order chi connectivity index (χ0) is 11.2. The van der Waals surface area contributed by atoms with Gasteiger partial charge < -0.3 is 9.47 Å². The normalized spacial score (nSPS) is 10.1. The van der Waals surface area contributed by atoms with Gasteiger partial charge in [-0.1, -0.05) is 51.4 Å². The zero-order valence-corrected chi connectivity index (χ0v) is 9.96. The van der Waals surface area contributed by atoms with Gasteiger partial charge in [0, 0.05) is 6.61 Å². The SMILES string of the molecule is C#CCOCOCCCCCCCCC. The highest BCUT2D eigenvalue weighted by atomic mass is 16.7. The molecule has 0 rings (SSSR count). The summed E-state index contributed by atoms with van der Waals surface area (Å²) in [6.45, 7) is 3.71. The van der Waals surface area contributed by atoms with Gasteiger partial charge in [-0.25, -0.2) is 0 Å². The second-order valence-corrected chi connectivity index (χ2v) is 3.70. The molecule has 0 aliphatic carbocycles. The van der Waals surface area contributed by atoms with E-state index in [1.807, 2.05) is 0 Å². The van der Waals surface area contributed by atoms with E-state index in [0.717, 1.165) is 13.0 Å². The van der Waals surface area contributed by atoms with Crippen molar-refractivity contribution in [2.24, 2.45) is 0 Å². The largest absolute Gasteiger partial charge is 0.355 e. The Morgan fingerprint density at radius 3 is 2.27 bits per heavy atom. The molecule has 0 aromatic carbocycles. The molecule has 0 radical (unpaired) electrons. The van der Waals surface area contributed by atoms with Crippen LogP contribution in [0.25, 0.3) is 0 Å². The lowest BCUT2D eigenvalue weighted by Crippen LogP contribution is -2.01. The lowest BCUT2D eigenvalue weighted by atomic mass is 10.1. The molecule has 0 heterocycles. The van der Waals surface area contributed by atoms with Crippen LogP contribution in [-0.2, 0) is 9.47 Å². The molecule has 0 amide bonds. The van der Waals surface area contributed by atoms with Gasteiger partial charge >= 0.3 is 0 Å². The minimum atomic E-state index is 0.333. The van der Waals surface area contributed by atoms with Crippen LogP contribution < -0.4 is 0 Å². The number of terminal acetylenes is 1. The van der Waals surface area contributed by atoms with Crippen LogP contribution in [-0.4, -0.2) is 20.0 Å². The molecule has 0 atom stereocenters. The summed E-state index contributed by atoms with van der Waals surface area (Å²) in [5.41, 5.74) is 0. The Bertz CT molecular complexity index is 149. The van der Waals surface area contributed by atoms with Gasteiger partial charge in [-0.2, -0.15) is 0 Å². The van der Waals surface area contributed by atoms with E-state index in [9.17, 15) is 0 Å². The third-order valence-corrected chi connectivity index (χ3v) is 2.24. The van der Waals surface area contributed by atoms with Crippen molar-refractivity contribution in [3.05, 3.63) is 0 Å². The maximum Gasteiger partial charge on any atom is 0.148 e. The minimum Gasteiger partial charge on any atom is -0.355 e. The van der Waals surface area contributed by atoms with Gasteiger partial charge in [0.05, 0.1) is 0 Å². The Balaban J connectivity index is 2.84. The van der Waals surface area contributed by atoms with Crippen LogP contribution in [0.5, 0.6) is 0 Å². The lowest BCUT2D eigenvalue weighted by molar-refractivity contribution is -0.0431. The van der Waals surface area contributed by atoms with Crippen molar-refractivity contribution >= 4 is 0 Å². The van der Waals surface area contributed by atoms with E-state index in [4.69, 9.17) is 15.9 Å². The molecule has 0 bridgehead atoms. The van der Waals surface area contributed by atoms with Gasteiger partial charge in [0.25, 0.3) is 0 Å². The van der Waals surface area contributed by atoms with Crippen LogP contribution >= 0.6 is 0 Å². The summed E-state index contributed by atoms with van der Waals surface area (Å²) >= 11 is 0. The van der Waals surface area contributed by atoms with E-state index in [1.54, 1.807) is 0 Å². The van der Waals surface area contributed by atoms with Crippen LogP contribution in [0.15, 0.2) is 0 Å². The first-order valence-corrected chi connectivity index (χ1v) is 6.00. The van der Waals surface area contributed by atoms with E-state index in [-0.39, 0.29) is 0 Å². The van der Waals surface area contributed by atoms with E-state index in [1.165, 1.54) is 38.5 Å². The zero-order valence-electron chi connectivity index (χ0n) is 9.96. The molecule has 0 aromatic heterocycles. The van der Waals surface area contributed by atoms with E-state index >= 15 is 0 Å². The molecule has 88 valence electrons. The monoisotopic (exact) mass is 212 g/mol. The van der Waals surface area contributed by atoms with Crippen molar-refractivity contribution in [1.29, 1.82) is 0 Å². The second kappa shape index (κ2) is 13.5. The molecule has 0 aliphatic heterocycles.